The quantitative estimate of drug-likeness (QED) is 0.907. The molecule has 0 aliphatic heterocycles. The van der Waals surface area contributed by atoms with Gasteiger partial charge in [0.05, 0.1) is 7.11 Å². The van der Waals surface area contributed by atoms with E-state index in [1.165, 1.54) is 5.56 Å². The third-order valence-electron chi connectivity index (χ3n) is 3.38. The lowest BCUT2D eigenvalue weighted by Crippen LogP contribution is -2.05. The molecule has 0 aromatic heterocycles. The lowest BCUT2D eigenvalue weighted by molar-refractivity contribution is 0.214. The fourth-order valence-corrected chi connectivity index (χ4v) is 2.37. The third-order valence-corrected chi connectivity index (χ3v) is 3.38. The summed E-state index contributed by atoms with van der Waals surface area (Å²) < 4.78 is 5.41. The molecule has 1 N–H and O–H groups in total. The van der Waals surface area contributed by atoms with Crippen LogP contribution in [0.1, 0.15) is 33.9 Å². The molecule has 0 amide bonds. The molecule has 2 aromatic rings. The van der Waals surface area contributed by atoms with Gasteiger partial charge in [0.25, 0.3) is 0 Å². The van der Waals surface area contributed by atoms with E-state index in [2.05, 4.69) is 6.07 Å². The van der Waals surface area contributed by atoms with E-state index in [0.29, 0.717) is 0 Å². The molecular formula is C17H20O2. The van der Waals surface area contributed by atoms with Gasteiger partial charge in [-0.1, -0.05) is 35.9 Å². The van der Waals surface area contributed by atoms with Crippen LogP contribution in [0.3, 0.4) is 0 Å². The highest BCUT2D eigenvalue weighted by atomic mass is 16.5. The van der Waals surface area contributed by atoms with Crippen molar-refractivity contribution in [3.05, 3.63) is 64.2 Å². The smallest absolute Gasteiger partial charge is 0.125 e. The van der Waals surface area contributed by atoms with Gasteiger partial charge < -0.3 is 9.84 Å². The molecule has 2 aromatic carbocycles. The molecule has 1 atom stereocenters. The number of benzene rings is 2. The van der Waals surface area contributed by atoms with Crippen LogP contribution in [0.4, 0.5) is 0 Å². The molecule has 2 nitrogen and oxygen atoms in total. The minimum absolute atomic E-state index is 0.656. The fraction of sp³-hybridized carbons (Fsp3) is 0.294. The highest BCUT2D eigenvalue weighted by molar-refractivity contribution is 5.47. The van der Waals surface area contributed by atoms with Crippen molar-refractivity contribution >= 4 is 0 Å². The standard InChI is InChI=1S/C17H20O2/c1-11-5-7-14(8-6-11)17(18)16-13(3)9-12(2)10-15(16)19-4/h5-10,17-18H,1-4H3. The van der Waals surface area contributed by atoms with Crippen LogP contribution in [-0.4, -0.2) is 12.2 Å². The van der Waals surface area contributed by atoms with Gasteiger partial charge in [0, 0.05) is 5.56 Å². The van der Waals surface area contributed by atoms with Gasteiger partial charge in [0.2, 0.25) is 0 Å². The third kappa shape index (κ3) is 2.79. The number of rotatable bonds is 3. The molecule has 0 fully saturated rings. The van der Waals surface area contributed by atoms with Crippen molar-refractivity contribution < 1.29 is 9.84 Å². The second kappa shape index (κ2) is 5.45. The normalized spacial score (nSPS) is 12.3. The highest BCUT2D eigenvalue weighted by Crippen LogP contribution is 2.33. The number of aliphatic hydroxyl groups is 1. The van der Waals surface area contributed by atoms with E-state index in [1.54, 1.807) is 7.11 Å². The topological polar surface area (TPSA) is 29.5 Å². The number of hydrogen-bond acceptors (Lipinski definition) is 2. The van der Waals surface area contributed by atoms with Gasteiger partial charge in [-0.2, -0.15) is 0 Å². The maximum absolute atomic E-state index is 10.6. The average Bonchev–Trinajstić information content (AvgIpc) is 2.38. The first-order valence-corrected chi connectivity index (χ1v) is 6.42. The molecule has 0 saturated carbocycles. The Morgan fingerprint density at radius 1 is 0.947 bits per heavy atom. The molecule has 100 valence electrons. The van der Waals surface area contributed by atoms with Gasteiger partial charge in [-0.15, -0.1) is 0 Å². The summed E-state index contributed by atoms with van der Waals surface area (Å²) in [5.74, 6) is 0.741. The molecule has 0 heterocycles. The summed E-state index contributed by atoms with van der Waals surface area (Å²) in [6, 6.07) is 12.0. The van der Waals surface area contributed by atoms with Gasteiger partial charge in [-0.05, 0) is 43.5 Å². The van der Waals surface area contributed by atoms with Gasteiger partial charge in [-0.3, -0.25) is 0 Å². The maximum atomic E-state index is 10.6. The first kappa shape index (κ1) is 13.6. The molecule has 0 aliphatic carbocycles. The Bertz CT molecular complexity index is 571. The minimum Gasteiger partial charge on any atom is -0.496 e. The van der Waals surface area contributed by atoms with E-state index >= 15 is 0 Å². The number of methoxy groups -OCH3 is 1. The van der Waals surface area contributed by atoms with Crippen LogP contribution in [0, 0.1) is 20.8 Å². The zero-order chi connectivity index (χ0) is 14.0. The monoisotopic (exact) mass is 256 g/mol. The summed E-state index contributed by atoms with van der Waals surface area (Å²) in [5, 5.41) is 10.6. The highest BCUT2D eigenvalue weighted by Gasteiger charge is 2.18. The van der Waals surface area contributed by atoms with E-state index in [1.807, 2.05) is 51.1 Å². The number of aryl methyl sites for hydroxylation is 3. The molecular weight excluding hydrogens is 236 g/mol. The lowest BCUT2D eigenvalue weighted by atomic mass is 9.94. The first-order chi connectivity index (χ1) is 9.02. The Hall–Kier alpha value is -1.80. The van der Waals surface area contributed by atoms with Gasteiger partial charge >= 0.3 is 0 Å². The molecule has 0 saturated heterocycles. The van der Waals surface area contributed by atoms with Crippen LogP contribution in [0.5, 0.6) is 5.75 Å². The summed E-state index contributed by atoms with van der Waals surface area (Å²) in [4.78, 5) is 0. The van der Waals surface area contributed by atoms with E-state index in [4.69, 9.17) is 4.74 Å². The zero-order valence-electron chi connectivity index (χ0n) is 11.9. The van der Waals surface area contributed by atoms with Gasteiger partial charge in [-0.25, -0.2) is 0 Å². The molecule has 2 heteroatoms. The summed E-state index contributed by atoms with van der Waals surface area (Å²) in [5.41, 5.74) is 5.09. The summed E-state index contributed by atoms with van der Waals surface area (Å²) in [6.07, 6.45) is -0.656. The average molecular weight is 256 g/mol. The van der Waals surface area contributed by atoms with Crippen molar-refractivity contribution in [1.82, 2.24) is 0 Å². The maximum Gasteiger partial charge on any atom is 0.125 e. The zero-order valence-corrected chi connectivity index (χ0v) is 11.9. The van der Waals surface area contributed by atoms with E-state index < -0.39 is 6.10 Å². The van der Waals surface area contributed by atoms with Crippen LogP contribution in [0.2, 0.25) is 0 Å². The van der Waals surface area contributed by atoms with Gasteiger partial charge in [0.1, 0.15) is 11.9 Å². The summed E-state index contributed by atoms with van der Waals surface area (Å²) in [6.45, 7) is 6.06. The predicted octanol–water partition coefficient (Wildman–Crippen LogP) is 3.70. The summed E-state index contributed by atoms with van der Waals surface area (Å²) in [7, 11) is 1.64. The Morgan fingerprint density at radius 2 is 1.58 bits per heavy atom. The molecule has 2 rings (SSSR count). The molecule has 1 unspecified atom stereocenters. The Kier molecular flexibility index (Phi) is 3.91. The second-order valence-electron chi connectivity index (χ2n) is 5.01. The Balaban J connectivity index is 2.49. The second-order valence-corrected chi connectivity index (χ2v) is 5.01. The fourth-order valence-electron chi connectivity index (χ4n) is 2.37. The van der Waals surface area contributed by atoms with Crippen LogP contribution in [0.25, 0.3) is 0 Å². The largest absolute Gasteiger partial charge is 0.496 e. The number of aliphatic hydroxyl groups excluding tert-OH is 1. The molecule has 19 heavy (non-hydrogen) atoms. The van der Waals surface area contributed by atoms with Gasteiger partial charge in [0.15, 0.2) is 0 Å². The van der Waals surface area contributed by atoms with Crippen LogP contribution < -0.4 is 4.74 Å². The molecule has 0 bridgehead atoms. The number of ether oxygens (including phenoxy) is 1. The Labute approximate surface area is 114 Å². The van der Waals surface area contributed by atoms with Crippen molar-refractivity contribution in [2.45, 2.75) is 26.9 Å². The first-order valence-electron chi connectivity index (χ1n) is 6.42. The van der Waals surface area contributed by atoms with Crippen molar-refractivity contribution in [1.29, 1.82) is 0 Å². The van der Waals surface area contributed by atoms with E-state index in [9.17, 15) is 5.11 Å². The molecule has 0 radical (unpaired) electrons. The van der Waals surface area contributed by atoms with E-state index in [0.717, 1.165) is 28.0 Å². The molecule has 0 spiro atoms. The lowest BCUT2D eigenvalue weighted by Gasteiger charge is -2.18. The molecule has 0 aliphatic rings. The predicted molar refractivity (Wildman–Crippen MR) is 77.7 cm³/mol. The number of hydrogen-bond donors (Lipinski definition) is 1. The van der Waals surface area contributed by atoms with E-state index in [-0.39, 0.29) is 0 Å². The SMILES string of the molecule is COc1cc(C)cc(C)c1C(O)c1ccc(C)cc1. The van der Waals surface area contributed by atoms with Crippen LogP contribution >= 0.6 is 0 Å². The Morgan fingerprint density at radius 3 is 2.16 bits per heavy atom. The summed E-state index contributed by atoms with van der Waals surface area (Å²) >= 11 is 0. The van der Waals surface area contributed by atoms with Crippen LogP contribution in [-0.2, 0) is 0 Å². The van der Waals surface area contributed by atoms with Crippen LogP contribution in [0.15, 0.2) is 36.4 Å². The van der Waals surface area contributed by atoms with Crippen molar-refractivity contribution in [2.75, 3.05) is 7.11 Å². The van der Waals surface area contributed by atoms with Crippen molar-refractivity contribution in [3.63, 3.8) is 0 Å². The van der Waals surface area contributed by atoms with Crippen molar-refractivity contribution in [3.8, 4) is 5.75 Å². The minimum atomic E-state index is -0.656. The van der Waals surface area contributed by atoms with Crippen molar-refractivity contribution in [2.24, 2.45) is 0 Å².